The number of carbonyl (C=O) groups excluding carboxylic acids is 1. The number of carbonyl (C=O) groups is 2. The van der Waals surface area contributed by atoms with Crippen molar-refractivity contribution < 1.29 is 19.4 Å². The molecular formula is C10H22N2O4. The molecule has 0 aliphatic heterocycles. The summed E-state index contributed by atoms with van der Waals surface area (Å²) in [4.78, 5) is 21.7. The van der Waals surface area contributed by atoms with Crippen LogP contribution in [0.5, 0.6) is 0 Å². The maximum absolute atomic E-state index is 10.3. The second-order valence-electron chi connectivity index (χ2n) is 2.71. The van der Waals surface area contributed by atoms with E-state index in [4.69, 9.17) is 5.11 Å². The van der Waals surface area contributed by atoms with Gasteiger partial charge >= 0.3 is 12.2 Å². The monoisotopic (exact) mass is 234 g/mol. The van der Waals surface area contributed by atoms with Gasteiger partial charge in [0.05, 0.1) is 6.61 Å². The summed E-state index contributed by atoms with van der Waals surface area (Å²) in [5.41, 5.74) is 0. The van der Waals surface area contributed by atoms with Crippen LogP contribution in [0.3, 0.4) is 0 Å². The Balaban J connectivity index is 0. The minimum Gasteiger partial charge on any atom is -0.465 e. The summed E-state index contributed by atoms with van der Waals surface area (Å²) in [5.74, 6) is 0. The largest absolute Gasteiger partial charge is 0.465 e. The molecule has 0 aromatic heterocycles. The molecule has 6 heteroatoms. The van der Waals surface area contributed by atoms with Crippen molar-refractivity contribution in [3.8, 4) is 0 Å². The summed E-state index contributed by atoms with van der Waals surface area (Å²) >= 11 is 0. The number of hydrogen-bond acceptors (Lipinski definition) is 3. The standard InChI is InChI=1S/2C5H11NO2/c1-3-6-5(7)8-4-2;1-3-6(4-2)5(7)8/h3-4H2,1-2H3,(H,6,7);3-4H2,1-2H3,(H,7,8). The van der Waals surface area contributed by atoms with Gasteiger partial charge in [-0.1, -0.05) is 0 Å². The van der Waals surface area contributed by atoms with E-state index in [-0.39, 0.29) is 6.09 Å². The molecule has 0 fully saturated rings. The molecule has 96 valence electrons. The van der Waals surface area contributed by atoms with Gasteiger partial charge in [-0.05, 0) is 27.7 Å². The molecule has 0 aromatic carbocycles. The van der Waals surface area contributed by atoms with Crippen LogP contribution in [0.2, 0.25) is 0 Å². The fourth-order valence-corrected chi connectivity index (χ4v) is 0.821. The Morgan fingerprint density at radius 2 is 1.69 bits per heavy atom. The number of amides is 2. The summed E-state index contributed by atoms with van der Waals surface area (Å²) < 4.78 is 4.53. The minimum absolute atomic E-state index is 0.338. The van der Waals surface area contributed by atoms with Gasteiger partial charge in [0.25, 0.3) is 0 Å². The van der Waals surface area contributed by atoms with E-state index in [1.807, 2.05) is 20.8 Å². The van der Waals surface area contributed by atoms with Crippen molar-refractivity contribution >= 4 is 12.2 Å². The zero-order chi connectivity index (χ0) is 13.0. The molecule has 0 aliphatic rings. The van der Waals surface area contributed by atoms with Gasteiger partial charge in [-0.15, -0.1) is 0 Å². The van der Waals surface area contributed by atoms with Crippen molar-refractivity contribution in [2.24, 2.45) is 0 Å². The second kappa shape index (κ2) is 11.6. The molecule has 0 saturated carbocycles. The molecule has 16 heavy (non-hydrogen) atoms. The van der Waals surface area contributed by atoms with Gasteiger partial charge < -0.3 is 20.1 Å². The third-order valence-electron chi connectivity index (χ3n) is 1.63. The van der Waals surface area contributed by atoms with Crippen LogP contribution in [0.25, 0.3) is 0 Å². The summed E-state index contributed by atoms with van der Waals surface area (Å²) in [6.45, 7) is 9.46. The van der Waals surface area contributed by atoms with Gasteiger partial charge in [0, 0.05) is 19.6 Å². The van der Waals surface area contributed by atoms with Crippen molar-refractivity contribution in [3.63, 3.8) is 0 Å². The summed E-state index contributed by atoms with van der Waals surface area (Å²) in [6.07, 6.45) is -1.18. The van der Waals surface area contributed by atoms with E-state index in [9.17, 15) is 9.59 Å². The Morgan fingerprint density at radius 3 is 1.88 bits per heavy atom. The Morgan fingerprint density at radius 1 is 1.19 bits per heavy atom. The molecule has 0 rings (SSSR count). The van der Waals surface area contributed by atoms with Crippen LogP contribution < -0.4 is 5.32 Å². The van der Waals surface area contributed by atoms with Crippen LogP contribution in [0, 0.1) is 0 Å². The Kier molecular flexibility index (Phi) is 12.3. The van der Waals surface area contributed by atoms with Crippen molar-refractivity contribution in [2.75, 3.05) is 26.2 Å². The van der Waals surface area contributed by atoms with Gasteiger partial charge in [0.15, 0.2) is 0 Å². The van der Waals surface area contributed by atoms with E-state index < -0.39 is 6.09 Å². The summed E-state index contributed by atoms with van der Waals surface area (Å²) in [7, 11) is 0. The van der Waals surface area contributed by atoms with Gasteiger partial charge in [-0.25, -0.2) is 9.59 Å². The molecule has 0 bridgehead atoms. The van der Waals surface area contributed by atoms with Crippen molar-refractivity contribution in [1.82, 2.24) is 10.2 Å². The first-order chi connectivity index (χ1) is 7.53. The SMILES string of the molecule is CCN(CC)C(=O)O.CCNC(=O)OCC. The predicted molar refractivity (Wildman–Crippen MR) is 61.6 cm³/mol. The number of ether oxygens (including phenoxy) is 1. The van der Waals surface area contributed by atoms with Crippen LogP contribution in [-0.2, 0) is 4.74 Å². The second-order valence-corrected chi connectivity index (χ2v) is 2.71. The fraction of sp³-hybridized carbons (Fsp3) is 0.800. The van der Waals surface area contributed by atoms with Crippen LogP contribution in [0.15, 0.2) is 0 Å². The van der Waals surface area contributed by atoms with Crippen molar-refractivity contribution in [1.29, 1.82) is 0 Å². The molecule has 2 N–H and O–H groups in total. The number of nitrogens with zero attached hydrogens (tertiary/aromatic N) is 1. The number of alkyl carbamates (subject to hydrolysis) is 1. The highest BCUT2D eigenvalue weighted by Crippen LogP contribution is 1.84. The summed E-state index contributed by atoms with van der Waals surface area (Å²) in [6, 6.07) is 0. The number of carboxylic acid groups (broad SMARTS) is 1. The number of nitrogens with one attached hydrogen (secondary N) is 1. The highest BCUT2D eigenvalue weighted by Gasteiger charge is 2.02. The molecule has 0 aromatic rings. The maximum Gasteiger partial charge on any atom is 0.407 e. The smallest absolute Gasteiger partial charge is 0.407 e. The Labute approximate surface area is 96.6 Å². The third-order valence-corrected chi connectivity index (χ3v) is 1.63. The lowest BCUT2D eigenvalue weighted by Gasteiger charge is -2.12. The molecule has 6 nitrogen and oxygen atoms in total. The van der Waals surface area contributed by atoms with E-state index >= 15 is 0 Å². The average molecular weight is 234 g/mol. The highest BCUT2D eigenvalue weighted by atomic mass is 16.5. The van der Waals surface area contributed by atoms with Crippen molar-refractivity contribution in [3.05, 3.63) is 0 Å². The van der Waals surface area contributed by atoms with Gasteiger partial charge in [0.1, 0.15) is 0 Å². The van der Waals surface area contributed by atoms with E-state index in [1.165, 1.54) is 4.90 Å². The number of rotatable bonds is 4. The molecule has 0 heterocycles. The molecule has 0 saturated heterocycles. The molecule has 2 amide bonds. The quantitative estimate of drug-likeness (QED) is 0.776. The zero-order valence-corrected chi connectivity index (χ0v) is 10.4. The van der Waals surface area contributed by atoms with Gasteiger partial charge in [-0.2, -0.15) is 0 Å². The van der Waals surface area contributed by atoms with Gasteiger partial charge in [-0.3, -0.25) is 0 Å². The summed E-state index contributed by atoms with van der Waals surface area (Å²) in [5, 5.41) is 10.8. The first-order valence-corrected chi connectivity index (χ1v) is 5.41. The van der Waals surface area contributed by atoms with Crippen LogP contribution in [0.4, 0.5) is 9.59 Å². The molecule has 0 radical (unpaired) electrons. The molecule has 0 aliphatic carbocycles. The lowest BCUT2D eigenvalue weighted by Crippen LogP contribution is -2.28. The number of hydrogen-bond donors (Lipinski definition) is 2. The lowest BCUT2D eigenvalue weighted by molar-refractivity contribution is 0.150. The molecule has 0 unspecified atom stereocenters. The normalized spacial score (nSPS) is 8.50. The first-order valence-electron chi connectivity index (χ1n) is 5.41. The van der Waals surface area contributed by atoms with Crippen LogP contribution >= 0.6 is 0 Å². The topological polar surface area (TPSA) is 78.9 Å². The Hall–Kier alpha value is -1.46. The van der Waals surface area contributed by atoms with E-state index in [0.717, 1.165) is 0 Å². The first kappa shape index (κ1) is 17.0. The van der Waals surface area contributed by atoms with Gasteiger partial charge in [0.2, 0.25) is 0 Å². The highest BCUT2D eigenvalue weighted by molar-refractivity contribution is 5.66. The minimum atomic E-state index is -0.838. The maximum atomic E-state index is 10.3. The fourth-order valence-electron chi connectivity index (χ4n) is 0.821. The molecular weight excluding hydrogens is 212 g/mol. The third kappa shape index (κ3) is 10.6. The van der Waals surface area contributed by atoms with Crippen molar-refractivity contribution in [2.45, 2.75) is 27.7 Å². The Bertz CT molecular complexity index is 183. The molecule has 0 atom stereocenters. The van der Waals surface area contributed by atoms with Crippen LogP contribution in [0.1, 0.15) is 27.7 Å². The average Bonchev–Trinajstić information content (AvgIpc) is 2.20. The lowest BCUT2D eigenvalue weighted by atomic mass is 10.6. The van der Waals surface area contributed by atoms with Crippen LogP contribution in [-0.4, -0.2) is 48.4 Å². The molecule has 0 spiro atoms. The predicted octanol–water partition coefficient (Wildman–Crippen LogP) is 1.76. The van der Waals surface area contributed by atoms with E-state index in [0.29, 0.717) is 26.2 Å². The van der Waals surface area contributed by atoms with E-state index in [1.54, 1.807) is 6.92 Å². The van der Waals surface area contributed by atoms with E-state index in [2.05, 4.69) is 10.1 Å². The zero-order valence-electron chi connectivity index (χ0n) is 10.4.